The van der Waals surface area contributed by atoms with Crippen LogP contribution in [0, 0.1) is 13.8 Å². The van der Waals surface area contributed by atoms with E-state index in [1.54, 1.807) is 0 Å². The van der Waals surface area contributed by atoms with Crippen LogP contribution in [-0.2, 0) is 6.42 Å². The van der Waals surface area contributed by atoms with Gasteiger partial charge in [0, 0.05) is 11.9 Å². The Morgan fingerprint density at radius 1 is 1.75 bits per heavy atom. The molecule has 1 rings (SSSR count). The van der Waals surface area contributed by atoms with Gasteiger partial charge in [-0.05, 0) is 31.9 Å². The van der Waals surface area contributed by atoms with Crippen LogP contribution in [-0.4, -0.2) is 4.98 Å². The Morgan fingerprint density at radius 3 is 2.75 bits per heavy atom. The highest BCUT2D eigenvalue weighted by Crippen LogP contribution is 2.03. The van der Waals surface area contributed by atoms with Gasteiger partial charge in [0.25, 0.3) is 0 Å². The second-order valence-electron chi connectivity index (χ2n) is 1.89. The van der Waals surface area contributed by atoms with Gasteiger partial charge in [0.1, 0.15) is 0 Å². The summed E-state index contributed by atoms with van der Waals surface area (Å²) < 4.78 is 0. The molecule has 0 saturated heterocycles. The van der Waals surface area contributed by atoms with Crippen LogP contribution in [0.15, 0.2) is 12.3 Å². The highest BCUT2D eigenvalue weighted by Gasteiger charge is 1.91. The fraction of sp³-hybridized carbons (Fsp3) is 0.286. The van der Waals surface area contributed by atoms with Crippen molar-refractivity contribution >= 4 is 0 Å². The number of nitrogens with one attached hydrogen (secondary N) is 1. The van der Waals surface area contributed by atoms with E-state index in [-0.39, 0.29) is 0 Å². The van der Waals surface area contributed by atoms with Gasteiger partial charge in [-0.3, -0.25) is 0 Å². The average Bonchev–Trinajstić information content (AvgIpc) is 2.14. The normalized spacial score (nSPS) is 9.75. The minimum atomic E-state index is 0.860. The highest BCUT2D eigenvalue weighted by molar-refractivity contribution is 5.18. The molecule has 1 aromatic heterocycles. The SMILES string of the molecule is [CH2]Cc1[nH]ccc1C. The molecule has 0 saturated carbocycles. The number of H-pyrrole nitrogens is 1. The maximum absolute atomic E-state index is 3.76. The molecule has 1 radical (unpaired) electrons. The second-order valence-corrected chi connectivity index (χ2v) is 1.89. The Hall–Kier alpha value is -0.720. The van der Waals surface area contributed by atoms with Crippen LogP contribution in [0.1, 0.15) is 11.3 Å². The molecule has 0 aromatic carbocycles. The molecule has 0 aliphatic rings. The average molecular weight is 108 g/mol. The molecule has 0 atom stereocenters. The fourth-order valence-electron chi connectivity index (χ4n) is 0.751. The molecule has 8 heavy (non-hydrogen) atoms. The summed E-state index contributed by atoms with van der Waals surface area (Å²) in [5.41, 5.74) is 2.55. The van der Waals surface area contributed by atoms with Crippen LogP contribution in [0.5, 0.6) is 0 Å². The van der Waals surface area contributed by atoms with Gasteiger partial charge in [-0.1, -0.05) is 0 Å². The fourth-order valence-corrected chi connectivity index (χ4v) is 0.751. The number of hydrogen-bond donors (Lipinski definition) is 1. The third-order valence-corrected chi connectivity index (χ3v) is 1.32. The van der Waals surface area contributed by atoms with Crippen LogP contribution in [0.3, 0.4) is 0 Å². The molecule has 1 heteroatoms. The van der Waals surface area contributed by atoms with E-state index < -0.39 is 0 Å². The predicted molar refractivity (Wildman–Crippen MR) is 34.6 cm³/mol. The molecule has 0 bridgehead atoms. The lowest BCUT2D eigenvalue weighted by Crippen LogP contribution is -1.80. The van der Waals surface area contributed by atoms with E-state index in [0.29, 0.717) is 0 Å². The number of aryl methyl sites for hydroxylation is 1. The second kappa shape index (κ2) is 2.03. The minimum absolute atomic E-state index is 0.860. The maximum atomic E-state index is 3.76. The topological polar surface area (TPSA) is 15.8 Å². The molecule has 0 fully saturated rings. The molecule has 1 aromatic rings. The van der Waals surface area contributed by atoms with Gasteiger partial charge in [-0.2, -0.15) is 0 Å². The van der Waals surface area contributed by atoms with E-state index in [0.717, 1.165) is 6.42 Å². The zero-order valence-corrected chi connectivity index (χ0v) is 5.07. The summed E-state index contributed by atoms with van der Waals surface area (Å²) in [5, 5.41) is 0. The summed E-state index contributed by atoms with van der Waals surface area (Å²) >= 11 is 0. The standard InChI is InChI=1S/C7H10N/c1-3-7-6(2)4-5-8-7/h4-5,8H,1,3H2,2H3. The third-order valence-electron chi connectivity index (χ3n) is 1.32. The van der Waals surface area contributed by atoms with E-state index in [9.17, 15) is 0 Å². The summed E-state index contributed by atoms with van der Waals surface area (Å²) in [5.74, 6) is 0. The van der Waals surface area contributed by atoms with Crippen molar-refractivity contribution in [1.82, 2.24) is 4.98 Å². The molecule has 1 nitrogen and oxygen atoms in total. The number of aromatic amines is 1. The molecule has 0 spiro atoms. The Bertz CT molecular complexity index is 165. The first-order chi connectivity index (χ1) is 3.84. The molecule has 0 aliphatic heterocycles. The van der Waals surface area contributed by atoms with Crippen molar-refractivity contribution in [1.29, 1.82) is 0 Å². The first kappa shape index (κ1) is 5.42. The summed E-state index contributed by atoms with van der Waals surface area (Å²) in [4.78, 5) is 3.09. The molecule has 0 aliphatic carbocycles. The maximum Gasteiger partial charge on any atom is 0.0176 e. The first-order valence-corrected chi connectivity index (χ1v) is 2.76. The van der Waals surface area contributed by atoms with Crippen molar-refractivity contribution in [3.05, 3.63) is 30.4 Å². The van der Waals surface area contributed by atoms with E-state index in [2.05, 4.69) is 24.9 Å². The van der Waals surface area contributed by atoms with Gasteiger partial charge in [-0.25, -0.2) is 0 Å². The number of rotatable bonds is 1. The van der Waals surface area contributed by atoms with Crippen molar-refractivity contribution in [2.45, 2.75) is 13.3 Å². The van der Waals surface area contributed by atoms with Gasteiger partial charge in [0.2, 0.25) is 0 Å². The smallest absolute Gasteiger partial charge is 0.0176 e. The van der Waals surface area contributed by atoms with E-state index in [1.807, 2.05) is 6.20 Å². The molecule has 0 amide bonds. The Balaban J connectivity index is 2.92. The molecule has 1 N–H and O–H groups in total. The van der Waals surface area contributed by atoms with Crippen LogP contribution in [0.25, 0.3) is 0 Å². The first-order valence-electron chi connectivity index (χ1n) is 2.76. The van der Waals surface area contributed by atoms with Crippen molar-refractivity contribution in [3.8, 4) is 0 Å². The molecule has 43 valence electrons. The Labute approximate surface area is 49.7 Å². The zero-order chi connectivity index (χ0) is 5.98. The molecule has 0 unspecified atom stereocenters. The lowest BCUT2D eigenvalue weighted by atomic mass is 10.2. The van der Waals surface area contributed by atoms with Crippen molar-refractivity contribution in [2.75, 3.05) is 0 Å². The van der Waals surface area contributed by atoms with Gasteiger partial charge < -0.3 is 4.98 Å². The van der Waals surface area contributed by atoms with Crippen LogP contribution >= 0.6 is 0 Å². The summed E-state index contributed by atoms with van der Waals surface area (Å²) in [6.45, 7) is 5.84. The van der Waals surface area contributed by atoms with Crippen molar-refractivity contribution in [3.63, 3.8) is 0 Å². The van der Waals surface area contributed by atoms with Gasteiger partial charge in [0.05, 0.1) is 0 Å². The van der Waals surface area contributed by atoms with Gasteiger partial charge in [-0.15, -0.1) is 0 Å². The Kier molecular flexibility index (Phi) is 1.38. The van der Waals surface area contributed by atoms with E-state index in [1.165, 1.54) is 11.3 Å². The monoisotopic (exact) mass is 108 g/mol. The van der Waals surface area contributed by atoms with Gasteiger partial charge in [0.15, 0.2) is 0 Å². The molecular weight excluding hydrogens is 98.1 g/mol. The van der Waals surface area contributed by atoms with E-state index in [4.69, 9.17) is 0 Å². The summed E-state index contributed by atoms with van der Waals surface area (Å²) in [6, 6.07) is 2.06. The van der Waals surface area contributed by atoms with Crippen LogP contribution in [0.2, 0.25) is 0 Å². The minimum Gasteiger partial charge on any atom is -0.365 e. The van der Waals surface area contributed by atoms with E-state index >= 15 is 0 Å². The third kappa shape index (κ3) is 0.760. The largest absolute Gasteiger partial charge is 0.365 e. The Morgan fingerprint density at radius 2 is 2.50 bits per heavy atom. The zero-order valence-electron chi connectivity index (χ0n) is 5.07. The lowest BCUT2D eigenvalue weighted by molar-refractivity contribution is 1.12. The molecular formula is C7H10N. The van der Waals surface area contributed by atoms with Crippen molar-refractivity contribution < 1.29 is 0 Å². The predicted octanol–water partition coefficient (Wildman–Crippen LogP) is 1.70. The quantitative estimate of drug-likeness (QED) is 0.563. The molecule has 1 heterocycles. The number of hydrogen-bond acceptors (Lipinski definition) is 0. The summed E-state index contributed by atoms with van der Waals surface area (Å²) in [7, 11) is 0. The van der Waals surface area contributed by atoms with Gasteiger partial charge >= 0.3 is 0 Å². The number of aromatic nitrogens is 1. The van der Waals surface area contributed by atoms with Crippen molar-refractivity contribution in [2.24, 2.45) is 0 Å². The highest BCUT2D eigenvalue weighted by atomic mass is 14.7. The summed E-state index contributed by atoms with van der Waals surface area (Å²) in [6.07, 6.45) is 2.80. The van der Waals surface area contributed by atoms with Crippen LogP contribution < -0.4 is 0 Å². The van der Waals surface area contributed by atoms with Crippen LogP contribution in [0.4, 0.5) is 0 Å². The lowest BCUT2D eigenvalue weighted by Gasteiger charge is -1.89.